The Kier molecular flexibility index (Phi) is 2.77. The number of hydrogen-bond donors (Lipinski definition) is 3. The molecule has 0 unspecified atom stereocenters. The number of H-pyrrole nitrogens is 1. The van der Waals surface area contributed by atoms with Gasteiger partial charge in [-0.2, -0.15) is 0 Å². The SMILES string of the molecule is CC(=O)c1cc2cc(CO)c(CO)cc2[nH]1. The molecule has 0 fully saturated rings. The van der Waals surface area contributed by atoms with Crippen molar-refractivity contribution >= 4 is 16.7 Å². The van der Waals surface area contributed by atoms with Crippen LogP contribution in [0, 0.1) is 0 Å². The summed E-state index contributed by atoms with van der Waals surface area (Å²) < 4.78 is 0. The number of nitrogens with one attached hydrogen (secondary N) is 1. The fraction of sp³-hybridized carbons (Fsp3) is 0.250. The van der Waals surface area contributed by atoms with E-state index < -0.39 is 0 Å². The predicted octanol–water partition coefficient (Wildman–Crippen LogP) is 1.36. The minimum atomic E-state index is -0.125. The monoisotopic (exact) mass is 219 g/mol. The van der Waals surface area contributed by atoms with Gasteiger partial charge in [0.25, 0.3) is 0 Å². The predicted molar refractivity (Wildman–Crippen MR) is 60.1 cm³/mol. The zero-order valence-electron chi connectivity index (χ0n) is 8.95. The van der Waals surface area contributed by atoms with Crippen molar-refractivity contribution < 1.29 is 15.0 Å². The summed E-state index contributed by atoms with van der Waals surface area (Å²) in [5, 5.41) is 19.1. The third-order valence-corrected chi connectivity index (χ3v) is 2.66. The fourth-order valence-corrected chi connectivity index (χ4v) is 1.76. The molecule has 1 heterocycles. The third kappa shape index (κ3) is 1.73. The van der Waals surface area contributed by atoms with Crippen LogP contribution in [0.15, 0.2) is 18.2 Å². The van der Waals surface area contributed by atoms with Gasteiger partial charge in [-0.05, 0) is 29.3 Å². The number of fused-ring (bicyclic) bond motifs is 1. The number of ketones is 1. The zero-order chi connectivity index (χ0) is 11.7. The van der Waals surface area contributed by atoms with Gasteiger partial charge in [0.15, 0.2) is 5.78 Å². The van der Waals surface area contributed by atoms with E-state index in [-0.39, 0.29) is 19.0 Å². The standard InChI is InChI=1S/C12H13NO3/c1-7(16)11-3-8-2-9(5-14)10(6-15)4-12(8)13-11/h2-4,13-15H,5-6H2,1H3. The molecule has 16 heavy (non-hydrogen) atoms. The van der Waals surface area contributed by atoms with Crippen LogP contribution in [0.2, 0.25) is 0 Å². The summed E-state index contributed by atoms with van der Waals surface area (Å²) in [6.07, 6.45) is 0. The number of hydrogen-bond acceptors (Lipinski definition) is 3. The van der Waals surface area contributed by atoms with Crippen molar-refractivity contribution in [2.24, 2.45) is 0 Å². The van der Waals surface area contributed by atoms with E-state index in [9.17, 15) is 4.79 Å². The molecular formula is C12H13NO3. The molecule has 0 aliphatic carbocycles. The van der Waals surface area contributed by atoms with Gasteiger partial charge in [-0.1, -0.05) is 0 Å². The van der Waals surface area contributed by atoms with Crippen LogP contribution < -0.4 is 0 Å². The van der Waals surface area contributed by atoms with Crippen LogP contribution >= 0.6 is 0 Å². The highest BCUT2D eigenvalue weighted by Gasteiger charge is 2.08. The van der Waals surface area contributed by atoms with Crippen molar-refractivity contribution in [3.63, 3.8) is 0 Å². The molecule has 0 radical (unpaired) electrons. The average Bonchev–Trinajstić information content (AvgIpc) is 2.69. The summed E-state index contributed by atoms with van der Waals surface area (Å²) in [5.41, 5.74) is 2.69. The minimum Gasteiger partial charge on any atom is -0.392 e. The quantitative estimate of drug-likeness (QED) is 0.682. The Labute approximate surface area is 92.5 Å². The Hall–Kier alpha value is -1.65. The molecular weight excluding hydrogens is 206 g/mol. The fourth-order valence-electron chi connectivity index (χ4n) is 1.76. The van der Waals surface area contributed by atoms with Crippen LogP contribution in [0.5, 0.6) is 0 Å². The molecule has 0 aliphatic rings. The summed E-state index contributed by atoms with van der Waals surface area (Å²) in [4.78, 5) is 14.2. The second-order valence-corrected chi connectivity index (χ2v) is 3.76. The highest BCUT2D eigenvalue weighted by molar-refractivity contribution is 5.98. The normalized spacial score (nSPS) is 10.9. The summed E-state index contributed by atoms with van der Waals surface area (Å²) in [6.45, 7) is 1.25. The molecule has 0 spiro atoms. The number of aliphatic hydroxyl groups is 2. The Balaban J connectivity index is 2.64. The van der Waals surface area contributed by atoms with Crippen molar-refractivity contribution in [2.45, 2.75) is 20.1 Å². The largest absolute Gasteiger partial charge is 0.392 e. The molecule has 0 amide bonds. The Morgan fingerprint density at radius 2 is 1.81 bits per heavy atom. The molecule has 2 aromatic rings. The number of carbonyl (C=O) groups is 1. The van der Waals surface area contributed by atoms with Gasteiger partial charge in [-0.3, -0.25) is 4.79 Å². The van der Waals surface area contributed by atoms with E-state index in [2.05, 4.69) is 4.98 Å². The first kappa shape index (κ1) is 10.9. The van der Waals surface area contributed by atoms with E-state index in [0.717, 1.165) is 10.9 Å². The molecule has 4 heteroatoms. The Morgan fingerprint density at radius 1 is 1.19 bits per heavy atom. The van der Waals surface area contributed by atoms with Crippen LogP contribution in [-0.2, 0) is 13.2 Å². The van der Waals surface area contributed by atoms with Crippen molar-refractivity contribution in [1.29, 1.82) is 0 Å². The number of carbonyl (C=O) groups excluding carboxylic acids is 1. The van der Waals surface area contributed by atoms with Crippen LogP contribution in [0.4, 0.5) is 0 Å². The molecule has 0 saturated carbocycles. The second kappa shape index (κ2) is 4.08. The molecule has 1 aromatic heterocycles. The van der Waals surface area contributed by atoms with Crippen LogP contribution in [0.3, 0.4) is 0 Å². The number of aromatic amines is 1. The lowest BCUT2D eigenvalue weighted by Crippen LogP contribution is -1.93. The molecule has 2 rings (SSSR count). The summed E-state index contributed by atoms with van der Waals surface area (Å²) in [7, 11) is 0. The maximum absolute atomic E-state index is 11.2. The zero-order valence-corrected chi connectivity index (χ0v) is 8.95. The van der Waals surface area contributed by atoms with E-state index in [1.807, 2.05) is 0 Å². The molecule has 0 aliphatic heterocycles. The van der Waals surface area contributed by atoms with Gasteiger partial charge in [0.2, 0.25) is 0 Å². The van der Waals surface area contributed by atoms with Crippen molar-refractivity contribution in [1.82, 2.24) is 4.98 Å². The summed E-state index contributed by atoms with van der Waals surface area (Å²) in [6, 6.07) is 5.29. The maximum Gasteiger partial charge on any atom is 0.175 e. The molecule has 0 bridgehead atoms. The number of aliphatic hydroxyl groups excluding tert-OH is 2. The molecule has 4 nitrogen and oxygen atoms in total. The molecule has 84 valence electrons. The van der Waals surface area contributed by atoms with Gasteiger partial charge >= 0.3 is 0 Å². The van der Waals surface area contributed by atoms with E-state index in [1.165, 1.54) is 6.92 Å². The Morgan fingerprint density at radius 3 is 2.38 bits per heavy atom. The molecule has 1 aromatic carbocycles. The van der Waals surface area contributed by atoms with Gasteiger partial charge in [0, 0.05) is 17.8 Å². The van der Waals surface area contributed by atoms with Crippen molar-refractivity contribution in [3.8, 4) is 0 Å². The lowest BCUT2D eigenvalue weighted by atomic mass is 10.1. The van der Waals surface area contributed by atoms with Crippen LogP contribution in [-0.4, -0.2) is 21.0 Å². The van der Waals surface area contributed by atoms with Gasteiger partial charge in [-0.15, -0.1) is 0 Å². The second-order valence-electron chi connectivity index (χ2n) is 3.76. The average molecular weight is 219 g/mol. The lowest BCUT2D eigenvalue weighted by Gasteiger charge is -2.04. The minimum absolute atomic E-state index is 0.0349. The first-order chi connectivity index (χ1) is 7.65. The summed E-state index contributed by atoms with van der Waals surface area (Å²) >= 11 is 0. The van der Waals surface area contributed by atoms with Gasteiger partial charge < -0.3 is 15.2 Å². The number of benzene rings is 1. The van der Waals surface area contributed by atoms with Gasteiger partial charge in [0.05, 0.1) is 18.9 Å². The summed E-state index contributed by atoms with van der Waals surface area (Å²) in [5.74, 6) is -0.0349. The van der Waals surface area contributed by atoms with Crippen LogP contribution in [0.25, 0.3) is 10.9 Å². The lowest BCUT2D eigenvalue weighted by molar-refractivity contribution is 0.101. The first-order valence-electron chi connectivity index (χ1n) is 5.03. The maximum atomic E-state index is 11.2. The van der Waals surface area contributed by atoms with E-state index in [0.29, 0.717) is 16.8 Å². The van der Waals surface area contributed by atoms with Gasteiger partial charge in [-0.25, -0.2) is 0 Å². The van der Waals surface area contributed by atoms with Gasteiger partial charge in [0.1, 0.15) is 0 Å². The molecule has 3 N–H and O–H groups in total. The number of rotatable bonds is 3. The van der Waals surface area contributed by atoms with Crippen molar-refractivity contribution in [3.05, 3.63) is 35.0 Å². The number of Topliss-reactive ketones (excluding diaryl/α,β-unsaturated/α-hetero) is 1. The highest BCUT2D eigenvalue weighted by Crippen LogP contribution is 2.21. The third-order valence-electron chi connectivity index (χ3n) is 2.66. The van der Waals surface area contributed by atoms with Crippen LogP contribution in [0.1, 0.15) is 28.5 Å². The highest BCUT2D eigenvalue weighted by atomic mass is 16.3. The smallest absolute Gasteiger partial charge is 0.175 e. The van der Waals surface area contributed by atoms with Crippen molar-refractivity contribution in [2.75, 3.05) is 0 Å². The van der Waals surface area contributed by atoms with E-state index >= 15 is 0 Å². The van der Waals surface area contributed by atoms with E-state index in [1.54, 1.807) is 18.2 Å². The Bertz CT molecular complexity index is 501. The topological polar surface area (TPSA) is 73.3 Å². The number of aromatic nitrogens is 1. The van der Waals surface area contributed by atoms with E-state index in [4.69, 9.17) is 10.2 Å². The molecule has 0 atom stereocenters. The molecule has 0 saturated heterocycles. The first-order valence-corrected chi connectivity index (χ1v) is 5.03.